The lowest BCUT2D eigenvalue weighted by molar-refractivity contribution is 0.0972. The standard InChI is InChI=1S/C19H14N2O4/c22-16-12-7-4-9-20-15(12)17(23)14-13(16)18(24)21(19(14)25)10-8-11-5-2-1-3-6-11/h1-7,9,24-25H,8,10H2. The van der Waals surface area contributed by atoms with E-state index in [0.717, 1.165) is 5.56 Å². The molecule has 1 aliphatic rings. The molecular formula is C19H14N2O4. The molecule has 1 aromatic carbocycles. The third-order valence-electron chi connectivity index (χ3n) is 4.40. The van der Waals surface area contributed by atoms with Gasteiger partial charge in [-0.2, -0.15) is 0 Å². The zero-order valence-corrected chi connectivity index (χ0v) is 13.1. The third kappa shape index (κ3) is 2.22. The first-order valence-corrected chi connectivity index (χ1v) is 7.82. The van der Waals surface area contributed by atoms with E-state index in [0.29, 0.717) is 6.42 Å². The quantitative estimate of drug-likeness (QED) is 0.600. The van der Waals surface area contributed by atoms with Gasteiger partial charge in [0.1, 0.15) is 11.3 Å². The van der Waals surface area contributed by atoms with E-state index < -0.39 is 23.3 Å². The Kier molecular flexibility index (Phi) is 3.39. The lowest BCUT2D eigenvalue weighted by atomic mass is 9.89. The molecule has 0 saturated carbocycles. The summed E-state index contributed by atoms with van der Waals surface area (Å²) in [5.74, 6) is -1.87. The van der Waals surface area contributed by atoms with E-state index in [2.05, 4.69) is 4.98 Å². The fourth-order valence-electron chi connectivity index (χ4n) is 3.14. The maximum atomic E-state index is 12.6. The number of carbonyl (C=O) groups is 2. The third-order valence-corrected chi connectivity index (χ3v) is 4.40. The number of carbonyl (C=O) groups excluding carboxylic acids is 2. The summed E-state index contributed by atoms with van der Waals surface area (Å²) in [4.78, 5) is 29.2. The van der Waals surface area contributed by atoms with E-state index in [1.807, 2.05) is 30.3 Å². The number of benzene rings is 1. The van der Waals surface area contributed by atoms with E-state index in [-0.39, 0.29) is 28.9 Å². The number of rotatable bonds is 3. The molecule has 4 rings (SSSR count). The zero-order valence-electron chi connectivity index (χ0n) is 13.1. The molecule has 124 valence electrons. The maximum absolute atomic E-state index is 12.6. The number of aromatic nitrogens is 2. The lowest BCUT2D eigenvalue weighted by Gasteiger charge is -2.12. The Labute approximate surface area is 143 Å². The van der Waals surface area contributed by atoms with E-state index in [1.54, 1.807) is 6.07 Å². The molecule has 0 atom stereocenters. The average molecular weight is 334 g/mol. The predicted octanol–water partition coefficient (Wildman–Crippen LogP) is 2.31. The summed E-state index contributed by atoms with van der Waals surface area (Å²) in [6.07, 6.45) is 1.95. The molecule has 2 N–H and O–H groups in total. The second kappa shape index (κ2) is 5.59. The molecule has 0 fully saturated rings. The molecule has 0 bridgehead atoms. The van der Waals surface area contributed by atoms with Crippen molar-refractivity contribution in [3.05, 3.63) is 76.6 Å². The van der Waals surface area contributed by atoms with E-state index in [1.165, 1.54) is 16.8 Å². The molecule has 0 unspecified atom stereocenters. The predicted molar refractivity (Wildman–Crippen MR) is 89.0 cm³/mol. The van der Waals surface area contributed by atoms with Crippen molar-refractivity contribution in [1.82, 2.24) is 9.55 Å². The Morgan fingerprint density at radius 3 is 2.28 bits per heavy atom. The molecule has 6 heteroatoms. The van der Waals surface area contributed by atoms with Crippen molar-refractivity contribution >= 4 is 11.6 Å². The van der Waals surface area contributed by atoms with Crippen LogP contribution in [-0.4, -0.2) is 31.3 Å². The van der Waals surface area contributed by atoms with Crippen LogP contribution in [0.3, 0.4) is 0 Å². The Hall–Kier alpha value is -3.41. The van der Waals surface area contributed by atoms with Gasteiger partial charge in [-0.25, -0.2) is 0 Å². The SMILES string of the molecule is O=C1c2cccnc2C(=O)c2c1c(O)n(CCc1ccccc1)c2O. The van der Waals surface area contributed by atoms with Gasteiger partial charge in [0, 0.05) is 12.7 Å². The molecule has 6 nitrogen and oxygen atoms in total. The van der Waals surface area contributed by atoms with Crippen molar-refractivity contribution in [3.8, 4) is 11.8 Å². The molecule has 25 heavy (non-hydrogen) atoms. The smallest absolute Gasteiger partial charge is 0.218 e. The first-order valence-electron chi connectivity index (χ1n) is 7.82. The number of hydrogen-bond donors (Lipinski definition) is 2. The average Bonchev–Trinajstić information content (AvgIpc) is 2.90. The van der Waals surface area contributed by atoms with Crippen molar-refractivity contribution in [1.29, 1.82) is 0 Å². The van der Waals surface area contributed by atoms with Crippen LogP contribution < -0.4 is 0 Å². The lowest BCUT2D eigenvalue weighted by Crippen LogP contribution is -2.20. The van der Waals surface area contributed by atoms with Crippen LogP contribution in [0.25, 0.3) is 0 Å². The summed E-state index contributed by atoms with van der Waals surface area (Å²) < 4.78 is 1.19. The molecular weight excluding hydrogens is 320 g/mol. The minimum Gasteiger partial charge on any atom is -0.494 e. The molecule has 0 radical (unpaired) electrons. The number of pyridine rings is 1. The minimum absolute atomic E-state index is 0.00416. The zero-order chi connectivity index (χ0) is 17.6. The highest BCUT2D eigenvalue weighted by molar-refractivity contribution is 6.29. The summed E-state index contributed by atoms with van der Waals surface area (Å²) in [7, 11) is 0. The van der Waals surface area contributed by atoms with Crippen molar-refractivity contribution in [2.45, 2.75) is 13.0 Å². The Morgan fingerprint density at radius 1 is 0.880 bits per heavy atom. The van der Waals surface area contributed by atoms with Crippen LogP contribution in [0.5, 0.6) is 11.8 Å². The number of aryl methyl sites for hydroxylation is 1. The summed E-state index contributed by atoms with van der Waals surface area (Å²) in [6.45, 7) is 0.235. The van der Waals surface area contributed by atoms with Gasteiger partial charge in [0.2, 0.25) is 23.3 Å². The minimum atomic E-state index is -0.559. The van der Waals surface area contributed by atoms with Crippen molar-refractivity contribution in [2.24, 2.45) is 0 Å². The van der Waals surface area contributed by atoms with Gasteiger partial charge in [0.15, 0.2) is 0 Å². The van der Waals surface area contributed by atoms with Crippen LogP contribution in [0.1, 0.15) is 37.5 Å². The van der Waals surface area contributed by atoms with Gasteiger partial charge in [-0.15, -0.1) is 0 Å². The van der Waals surface area contributed by atoms with Gasteiger partial charge in [-0.1, -0.05) is 30.3 Å². The Bertz CT molecular complexity index is 947. The fourth-order valence-corrected chi connectivity index (χ4v) is 3.14. The Balaban J connectivity index is 1.78. The van der Waals surface area contributed by atoms with Crippen LogP contribution in [0.2, 0.25) is 0 Å². The summed E-state index contributed by atoms with van der Waals surface area (Å²) >= 11 is 0. The topological polar surface area (TPSA) is 92.4 Å². The molecule has 0 spiro atoms. The highest BCUT2D eigenvalue weighted by atomic mass is 16.3. The van der Waals surface area contributed by atoms with Gasteiger partial charge >= 0.3 is 0 Å². The van der Waals surface area contributed by atoms with Crippen LogP contribution in [-0.2, 0) is 13.0 Å². The van der Waals surface area contributed by atoms with E-state index >= 15 is 0 Å². The first kappa shape index (κ1) is 15.1. The number of nitrogens with zero attached hydrogens (tertiary/aromatic N) is 2. The largest absolute Gasteiger partial charge is 0.494 e. The van der Waals surface area contributed by atoms with Crippen molar-refractivity contribution < 1.29 is 19.8 Å². The monoisotopic (exact) mass is 334 g/mol. The van der Waals surface area contributed by atoms with E-state index in [4.69, 9.17) is 0 Å². The van der Waals surface area contributed by atoms with Crippen molar-refractivity contribution in [3.63, 3.8) is 0 Å². The van der Waals surface area contributed by atoms with Gasteiger partial charge in [-0.3, -0.25) is 19.1 Å². The molecule has 2 aromatic heterocycles. The maximum Gasteiger partial charge on any atom is 0.218 e. The van der Waals surface area contributed by atoms with Crippen LogP contribution >= 0.6 is 0 Å². The first-order chi connectivity index (χ1) is 12.1. The Morgan fingerprint density at radius 2 is 1.56 bits per heavy atom. The molecule has 3 aromatic rings. The highest BCUT2D eigenvalue weighted by Crippen LogP contribution is 2.40. The van der Waals surface area contributed by atoms with Crippen LogP contribution in [0, 0.1) is 0 Å². The number of fused-ring (bicyclic) bond motifs is 2. The molecule has 1 aliphatic carbocycles. The van der Waals surface area contributed by atoms with Gasteiger partial charge in [0.05, 0.1) is 11.1 Å². The van der Waals surface area contributed by atoms with Crippen LogP contribution in [0.15, 0.2) is 48.7 Å². The molecule has 2 heterocycles. The summed E-state index contributed by atoms with van der Waals surface area (Å²) in [5.41, 5.74) is 0.805. The van der Waals surface area contributed by atoms with Crippen LogP contribution in [0.4, 0.5) is 0 Å². The molecule has 0 amide bonds. The van der Waals surface area contributed by atoms with Gasteiger partial charge in [0.25, 0.3) is 0 Å². The second-order valence-corrected chi connectivity index (χ2v) is 5.84. The summed E-state index contributed by atoms with van der Waals surface area (Å²) in [5, 5.41) is 20.9. The van der Waals surface area contributed by atoms with E-state index in [9.17, 15) is 19.8 Å². The normalized spacial score (nSPS) is 12.8. The van der Waals surface area contributed by atoms with Gasteiger partial charge in [-0.05, 0) is 24.1 Å². The number of hydrogen-bond acceptors (Lipinski definition) is 5. The highest BCUT2D eigenvalue weighted by Gasteiger charge is 2.39. The van der Waals surface area contributed by atoms with Gasteiger partial charge < -0.3 is 10.2 Å². The summed E-state index contributed by atoms with van der Waals surface area (Å²) in [6, 6.07) is 12.6. The second-order valence-electron chi connectivity index (χ2n) is 5.84. The number of ketones is 2. The fraction of sp³-hybridized carbons (Fsp3) is 0.105. The molecule has 0 aliphatic heterocycles. The van der Waals surface area contributed by atoms with Crippen molar-refractivity contribution in [2.75, 3.05) is 0 Å². The number of aromatic hydroxyl groups is 2. The molecule has 0 saturated heterocycles.